The highest BCUT2D eigenvalue weighted by Crippen LogP contribution is 2.55. The molecule has 4 nitrogen and oxygen atoms in total. The first kappa shape index (κ1) is 34.9. The molecule has 19 rings (SSSR count). The van der Waals surface area contributed by atoms with Crippen LogP contribution < -0.4 is 0 Å². The molecule has 0 aliphatic heterocycles. The third-order valence-electron chi connectivity index (χ3n) is 16.8. The fraction of sp³-hybridized carbons (Fsp3) is 0. The Morgan fingerprint density at radius 3 is 0.857 bits per heavy atom. The molecular weight excluding hydrogens is 849 g/mol. The number of fused-ring (bicyclic) bond motifs is 24. The van der Waals surface area contributed by atoms with E-state index in [0.29, 0.717) is 0 Å². The van der Waals surface area contributed by atoms with Gasteiger partial charge in [-0.15, -0.1) is 0 Å². The maximum absolute atomic E-state index is 2.66. The third kappa shape index (κ3) is 3.72. The van der Waals surface area contributed by atoms with Crippen LogP contribution in [0.3, 0.4) is 0 Å². The molecule has 0 radical (unpaired) electrons. The van der Waals surface area contributed by atoms with Crippen molar-refractivity contribution < 1.29 is 0 Å². The molecule has 8 heterocycles. The molecule has 0 N–H and O–H groups in total. The van der Waals surface area contributed by atoms with Crippen LogP contribution in [0.4, 0.5) is 0 Å². The van der Waals surface area contributed by atoms with E-state index in [4.69, 9.17) is 0 Å². The minimum atomic E-state index is 1.22. The van der Waals surface area contributed by atoms with E-state index in [-0.39, 0.29) is 0 Å². The normalized spacial score (nSPS) is 13.1. The molecule has 0 saturated carbocycles. The lowest BCUT2D eigenvalue weighted by Crippen LogP contribution is -1.93. The summed E-state index contributed by atoms with van der Waals surface area (Å²) in [6.45, 7) is 0. The van der Waals surface area contributed by atoms with Crippen LogP contribution in [-0.4, -0.2) is 17.6 Å². The van der Waals surface area contributed by atoms with E-state index in [1.807, 2.05) is 0 Å². The number of hydrogen-bond acceptors (Lipinski definition) is 0. The molecular formula is C66H34N4. The van der Waals surface area contributed by atoms with Gasteiger partial charge in [0.15, 0.2) is 0 Å². The van der Waals surface area contributed by atoms with E-state index < -0.39 is 0 Å². The predicted octanol–water partition coefficient (Wildman–Crippen LogP) is 17.6. The molecule has 0 spiro atoms. The standard InChI is InChI=1S/C66H34N4/c1-3-15-35(16-4-1)57-59-45-27-13-25-43-50-32-54-48(42-24-12-22-40-38-20-8-10-30-52(38)68(54)62(40)42)34-56(50)70(63(43)45)66(59)58(36-17-5-2-6-18-36)60-46-28-14-26-44-49-31-53-47(33-55(49)69(64(44)46)65(57)60)41-23-11-21-39-37-19-7-9-29-51(37)67(53)61(39)41/h1-34H. The molecule has 8 aromatic heterocycles. The quantitative estimate of drug-likeness (QED) is 0.165. The molecule has 318 valence electrons. The largest absolute Gasteiger partial charge is 0.308 e. The SMILES string of the molecule is c1ccc(-c2c3c4cccc5c6cc7c(cc6n(c3c(-c3ccccc3)c3c6cccc8c9cc%10c(cc9n(c23)c86)c2cccc3c6ccccc6n%10c32)c54)c2cccc3c4ccccc4n7c32)cc1. The zero-order valence-corrected chi connectivity index (χ0v) is 37.4. The molecule has 0 fully saturated rings. The molecule has 70 heavy (non-hydrogen) atoms. The topological polar surface area (TPSA) is 17.6 Å². The predicted molar refractivity (Wildman–Crippen MR) is 296 cm³/mol. The van der Waals surface area contributed by atoms with Crippen molar-refractivity contribution in [2.24, 2.45) is 0 Å². The minimum absolute atomic E-state index is 1.22. The Labute approximate surface area is 396 Å². The zero-order valence-electron chi connectivity index (χ0n) is 37.4. The van der Waals surface area contributed by atoms with E-state index in [2.05, 4.69) is 224 Å². The summed E-state index contributed by atoms with van der Waals surface area (Å²) in [4.78, 5) is 0. The monoisotopic (exact) mass is 882 g/mol. The second-order valence-corrected chi connectivity index (χ2v) is 19.9. The van der Waals surface area contributed by atoms with Gasteiger partial charge < -0.3 is 17.6 Å². The number of aromatic nitrogens is 4. The highest BCUT2D eigenvalue weighted by Gasteiger charge is 2.32. The Morgan fingerprint density at radius 1 is 0.186 bits per heavy atom. The molecule has 0 bridgehead atoms. The first-order valence-electron chi connectivity index (χ1n) is 24.4. The number of hydrogen-bond donors (Lipinski definition) is 0. The highest BCUT2D eigenvalue weighted by atomic mass is 15.0. The van der Waals surface area contributed by atoms with Gasteiger partial charge in [-0.05, 0) is 47.5 Å². The summed E-state index contributed by atoms with van der Waals surface area (Å²) in [6.07, 6.45) is 0. The van der Waals surface area contributed by atoms with E-state index >= 15 is 0 Å². The molecule has 0 atom stereocenters. The smallest absolute Gasteiger partial charge is 0.0634 e. The summed E-state index contributed by atoms with van der Waals surface area (Å²) in [7, 11) is 0. The Balaban J connectivity index is 1.07. The van der Waals surface area contributed by atoms with E-state index in [0.717, 1.165) is 0 Å². The Morgan fingerprint density at radius 2 is 0.471 bits per heavy atom. The van der Waals surface area contributed by atoms with Crippen LogP contribution in [0.25, 0.3) is 175 Å². The first-order valence-corrected chi connectivity index (χ1v) is 24.4. The average molecular weight is 883 g/mol. The van der Waals surface area contributed by atoms with Crippen molar-refractivity contribution in [2.75, 3.05) is 0 Å². The van der Waals surface area contributed by atoms with Crippen molar-refractivity contribution in [3.63, 3.8) is 0 Å². The fourth-order valence-corrected chi connectivity index (χ4v) is 14.3. The lowest BCUT2D eigenvalue weighted by molar-refractivity contribution is 1.36. The van der Waals surface area contributed by atoms with Crippen LogP contribution in [0.15, 0.2) is 206 Å². The summed E-state index contributed by atoms with van der Waals surface area (Å²) in [5.74, 6) is 0. The second kappa shape index (κ2) is 11.6. The number of para-hydroxylation sites is 6. The molecule has 4 heteroatoms. The summed E-state index contributed by atoms with van der Waals surface area (Å²) in [5.41, 5.74) is 20.2. The van der Waals surface area contributed by atoms with Gasteiger partial charge in [0.1, 0.15) is 0 Å². The summed E-state index contributed by atoms with van der Waals surface area (Å²) in [6, 6.07) is 78.1. The molecule has 0 amide bonds. The lowest BCUT2D eigenvalue weighted by Gasteiger charge is -2.16. The minimum Gasteiger partial charge on any atom is -0.308 e. The van der Waals surface area contributed by atoms with E-state index in [9.17, 15) is 0 Å². The van der Waals surface area contributed by atoms with Crippen LogP contribution in [0.1, 0.15) is 0 Å². The lowest BCUT2D eigenvalue weighted by atomic mass is 9.89. The zero-order chi connectivity index (χ0) is 44.8. The van der Waals surface area contributed by atoms with Crippen molar-refractivity contribution in [1.29, 1.82) is 0 Å². The van der Waals surface area contributed by atoms with Crippen LogP contribution in [0.5, 0.6) is 0 Å². The van der Waals surface area contributed by atoms with Crippen LogP contribution in [0.2, 0.25) is 0 Å². The van der Waals surface area contributed by atoms with Gasteiger partial charge in [0.25, 0.3) is 0 Å². The highest BCUT2D eigenvalue weighted by molar-refractivity contribution is 6.39. The Kier molecular flexibility index (Phi) is 5.80. The van der Waals surface area contributed by atoms with Crippen LogP contribution in [0, 0.1) is 0 Å². The fourth-order valence-electron chi connectivity index (χ4n) is 14.3. The van der Waals surface area contributed by atoms with Gasteiger partial charge in [-0.2, -0.15) is 0 Å². The number of nitrogens with zero attached hydrogens (tertiary/aromatic N) is 4. The molecule has 0 aliphatic carbocycles. The van der Waals surface area contributed by atoms with Gasteiger partial charge >= 0.3 is 0 Å². The van der Waals surface area contributed by atoms with Gasteiger partial charge in [0.2, 0.25) is 0 Å². The van der Waals surface area contributed by atoms with Crippen molar-refractivity contribution >= 4 is 152 Å². The van der Waals surface area contributed by atoms with Crippen LogP contribution in [-0.2, 0) is 0 Å². The van der Waals surface area contributed by atoms with Gasteiger partial charge in [-0.1, -0.05) is 170 Å². The van der Waals surface area contributed by atoms with Crippen molar-refractivity contribution in [2.45, 2.75) is 0 Å². The molecule has 0 unspecified atom stereocenters. The van der Waals surface area contributed by atoms with Crippen molar-refractivity contribution in [1.82, 2.24) is 17.6 Å². The Bertz CT molecular complexity index is 5170. The van der Waals surface area contributed by atoms with Gasteiger partial charge in [-0.25, -0.2) is 0 Å². The van der Waals surface area contributed by atoms with Crippen molar-refractivity contribution in [3.8, 4) is 22.3 Å². The van der Waals surface area contributed by atoms with Gasteiger partial charge in [0, 0.05) is 97.3 Å². The van der Waals surface area contributed by atoms with E-state index in [1.165, 1.54) is 175 Å². The van der Waals surface area contributed by atoms with Crippen LogP contribution >= 0.6 is 0 Å². The molecule has 11 aromatic carbocycles. The molecule has 0 saturated heterocycles. The summed E-state index contributed by atoms with van der Waals surface area (Å²) < 4.78 is 10.4. The summed E-state index contributed by atoms with van der Waals surface area (Å²) in [5, 5.41) is 20.7. The van der Waals surface area contributed by atoms with E-state index in [1.54, 1.807) is 0 Å². The van der Waals surface area contributed by atoms with Gasteiger partial charge in [-0.3, -0.25) is 0 Å². The maximum atomic E-state index is 2.66. The second-order valence-electron chi connectivity index (χ2n) is 19.9. The Hall–Kier alpha value is -9.38. The van der Waals surface area contributed by atoms with Crippen molar-refractivity contribution in [3.05, 3.63) is 206 Å². The first-order chi connectivity index (χ1) is 34.8. The number of benzene rings is 11. The van der Waals surface area contributed by atoms with Gasteiger partial charge in [0.05, 0.1) is 66.2 Å². The summed E-state index contributed by atoms with van der Waals surface area (Å²) >= 11 is 0. The number of rotatable bonds is 2. The average Bonchev–Trinajstić information content (AvgIpc) is 4.31. The maximum Gasteiger partial charge on any atom is 0.0634 e. The molecule has 19 aromatic rings. The molecule has 0 aliphatic rings. The third-order valence-corrected chi connectivity index (χ3v) is 16.8.